The van der Waals surface area contributed by atoms with Gasteiger partial charge in [-0.05, 0) is 118 Å². The van der Waals surface area contributed by atoms with Gasteiger partial charge in [0.05, 0.1) is 0 Å². The van der Waals surface area contributed by atoms with Gasteiger partial charge in [-0.25, -0.2) is 4.98 Å². The predicted molar refractivity (Wildman–Crippen MR) is 280 cm³/mol. The predicted octanol–water partition coefficient (Wildman–Crippen LogP) is 16.8. The van der Waals surface area contributed by atoms with Gasteiger partial charge in [-0.15, -0.1) is 47.0 Å². The maximum Gasteiger partial charge on any atom is 0.135 e. The molecular weight excluding hydrogens is 1010 g/mol. The molecule has 0 spiro atoms. The van der Waals surface area contributed by atoms with Crippen molar-refractivity contribution in [3.05, 3.63) is 180 Å². The molecule has 6 aromatic carbocycles. The monoisotopic (exact) mass is 1080 g/mol. The fourth-order valence-electron chi connectivity index (χ4n) is 12.3. The Kier molecular flexibility index (Phi) is 12.6. The normalized spacial score (nSPS) is 16.2. The largest absolute Gasteiger partial charge is 0.509 e. The number of ether oxygens (including phenoxy) is 1. The number of aromatic nitrogens is 2. The minimum Gasteiger partial charge on any atom is -0.509 e. The van der Waals surface area contributed by atoms with Crippen molar-refractivity contribution < 1.29 is 25.8 Å². The Hall–Kier alpha value is -5.64. The van der Waals surface area contributed by atoms with Crippen LogP contribution in [0.1, 0.15) is 134 Å². The fraction of sp³-hybridized carbons (Fsp3) is 0.323. The van der Waals surface area contributed by atoms with Crippen molar-refractivity contribution in [1.29, 1.82) is 0 Å². The molecule has 0 radical (unpaired) electrons. The Labute approximate surface area is 419 Å². The van der Waals surface area contributed by atoms with Gasteiger partial charge in [-0.3, -0.25) is 0 Å². The van der Waals surface area contributed by atoms with E-state index >= 15 is 0 Å². The molecule has 68 heavy (non-hydrogen) atoms. The quantitative estimate of drug-likeness (QED) is 0.128. The molecule has 0 bridgehead atoms. The van der Waals surface area contributed by atoms with Crippen LogP contribution in [-0.2, 0) is 26.5 Å². The first-order chi connectivity index (χ1) is 32.1. The number of para-hydroxylation sites is 3. The Bertz CT molecular complexity index is 3100. The number of hydrogen-bond acceptors (Lipinski definition) is 4. The van der Waals surface area contributed by atoms with Crippen molar-refractivity contribution >= 4 is 38.9 Å². The Morgan fingerprint density at radius 2 is 1.28 bits per heavy atom. The molecule has 0 atom stereocenters. The summed E-state index contributed by atoms with van der Waals surface area (Å²) in [6.45, 7) is 25.9. The minimum atomic E-state index is -0.255. The summed E-state index contributed by atoms with van der Waals surface area (Å²) in [7, 11) is 2.10. The van der Waals surface area contributed by atoms with Crippen molar-refractivity contribution in [2.24, 2.45) is 10.8 Å². The summed E-state index contributed by atoms with van der Waals surface area (Å²) >= 11 is 0. The first-order valence-corrected chi connectivity index (χ1v) is 24.5. The van der Waals surface area contributed by atoms with Crippen molar-refractivity contribution in [1.82, 2.24) is 9.55 Å². The van der Waals surface area contributed by atoms with Gasteiger partial charge < -0.3 is 19.1 Å². The van der Waals surface area contributed by atoms with Crippen molar-refractivity contribution in [3.8, 4) is 28.4 Å². The van der Waals surface area contributed by atoms with Crippen LogP contribution in [0.3, 0.4) is 0 Å². The zero-order valence-electron chi connectivity index (χ0n) is 41.6. The summed E-state index contributed by atoms with van der Waals surface area (Å²) in [6.07, 6.45) is 5.52. The van der Waals surface area contributed by atoms with Crippen LogP contribution in [0.5, 0.6) is 11.5 Å². The Morgan fingerprint density at radius 3 is 1.96 bits per heavy atom. The third-order valence-electron chi connectivity index (χ3n) is 15.3. The van der Waals surface area contributed by atoms with E-state index in [1.165, 1.54) is 39.8 Å². The average molecular weight is 1080 g/mol. The molecule has 0 saturated heterocycles. The summed E-state index contributed by atoms with van der Waals surface area (Å²) in [5.74, 6) is 3.18. The van der Waals surface area contributed by atoms with Crippen LogP contribution in [0.2, 0.25) is 0 Å². The second-order valence-electron chi connectivity index (χ2n) is 21.4. The van der Waals surface area contributed by atoms with Crippen LogP contribution in [0.4, 0.5) is 17.1 Å². The molecule has 5 nitrogen and oxygen atoms in total. The summed E-state index contributed by atoms with van der Waals surface area (Å²) in [4.78, 5) is 9.59. The van der Waals surface area contributed by atoms with E-state index in [0.717, 1.165) is 63.1 Å². The molecule has 1 aliphatic carbocycles. The second-order valence-corrected chi connectivity index (χ2v) is 21.4. The molecule has 10 rings (SSSR count). The summed E-state index contributed by atoms with van der Waals surface area (Å²) in [5, 5.41) is 2.25. The number of fused-ring (bicyclic) bond motifs is 4. The van der Waals surface area contributed by atoms with Crippen LogP contribution in [0, 0.1) is 29.6 Å². The van der Waals surface area contributed by atoms with Crippen molar-refractivity contribution in [2.45, 2.75) is 112 Å². The van der Waals surface area contributed by atoms with E-state index < -0.39 is 0 Å². The number of nitrogens with zero attached hydrogens (tertiary/aromatic N) is 4. The second kappa shape index (κ2) is 18.0. The van der Waals surface area contributed by atoms with E-state index in [1.54, 1.807) is 0 Å². The first kappa shape index (κ1) is 47.4. The van der Waals surface area contributed by atoms with Gasteiger partial charge in [-0.1, -0.05) is 154 Å². The summed E-state index contributed by atoms with van der Waals surface area (Å²) < 4.78 is 9.35. The van der Waals surface area contributed by atoms with Crippen LogP contribution in [-0.4, -0.2) is 16.6 Å². The molecule has 3 heterocycles. The molecule has 352 valence electrons. The topological polar surface area (TPSA) is 33.5 Å². The molecule has 2 aliphatic rings. The smallest absolute Gasteiger partial charge is 0.135 e. The Balaban J connectivity index is 0.00000578. The maximum atomic E-state index is 7.06. The van der Waals surface area contributed by atoms with Gasteiger partial charge in [0.25, 0.3) is 0 Å². The molecular formula is C62H65N4OPt-3. The average Bonchev–Trinajstić information content (AvgIpc) is 3.82. The molecule has 1 aliphatic heterocycles. The molecule has 2 aromatic heterocycles. The first-order valence-electron chi connectivity index (χ1n) is 24.5. The number of pyridine rings is 1. The van der Waals surface area contributed by atoms with Gasteiger partial charge in [0.1, 0.15) is 5.82 Å². The molecule has 6 heteroatoms. The van der Waals surface area contributed by atoms with Crippen molar-refractivity contribution in [3.63, 3.8) is 0 Å². The SMILES string of the molecule is CC(C)c1cc(C(C)C)c(-c2cc(Oc3[c-]c4c(cc3)c3ccccc3n4-c3cc(C4(c5ccccc5)C(C)(C)CCCC4(C)C)ccn3)[c-]c(N3[CH-]N(C)c4ccccc43)c2)c(C(C)C)c1.[Pt]. The number of anilines is 3. The van der Waals surface area contributed by atoms with E-state index in [0.29, 0.717) is 29.3 Å². The maximum absolute atomic E-state index is 7.06. The van der Waals surface area contributed by atoms with Gasteiger partial charge in [0.15, 0.2) is 0 Å². The third kappa shape index (κ3) is 7.78. The molecule has 0 unspecified atom stereocenters. The standard InChI is InChI=1S/C62H65N4O.Pt/c1-40(2)43-34-52(41(3)4)59(53(35-43)42(5)6)44-32-47(65-39-64(11)55-24-17-18-25-56(55)65)37-49(33-44)67-48-26-27-51-50-22-15-16-23-54(50)66(57(51)38-48)58-36-46(28-31-63-58)62(45-20-13-12-14-21-45)60(7,8)29-19-30-61(62,9)10;/h12-18,20-28,31-36,39-42H,19,29-30H2,1-11H3;/q-3;. The van der Waals surface area contributed by atoms with E-state index in [4.69, 9.17) is 9.72 Å². The van der Waals surface area contributed by atoms with E-state index in [2.05, 4.69) is 237 Å². The van der Waals surface area contributed by atoms with Crippen LogP contribution < -0.4 is 14.5 Å². The number of rotatable bonds is 10. The number of hydrogen-bond donors (Lipinski definition) is 0. The minimum absolute atomic E-state index is 0. The van der Waals surface area contributed by atoms with Gasteiger partial charge in [0.2, 0.25) is 0 Å². The zero-order chi connectivity index (χ0) is 47.0. The third-order valence-corrected chi connectivity index (χ3v) is 15.3. The van der Waals surface area contributed by atoms with E-state index in [-0.39, 0.29) is 37.3 Å². The number of benzene rings is 6. The van der Waals surface area contributed by atoms with Crippen LogP contribution in [0.25, 0.3) is 38.8 Å². The van der Waals surface area contributed by atoms with E-state index in [1.807, 2.05) is 6.20 Å². The van der Waals surface area contributed by atoms with Gasteiger partial charge in [0, 0.05) is 61.1 Å². The molecule has 0 amide bonds. The Morgan fingerprint density at radius 1 is 0.632 bits per heavy atom. The summed E-state index contributed by atoms with van der Waals surface area (Å²) in [5.41, 5.74) is 14.0. The molecule has 0 N–H and O–H groups in total. The van der Waals surface area contributed by atoms with Crippen LogP contribution in [0.15, 0.2) is 134 Å². The van der Waals surface area contributed by atoms with Crippen LogP contribution >= 0.6 is 0 Å². The van der Waals surface area contributed by atoms with Crippen molar-refractivity contribution in [2.75, 3.05) is 16.8 Å². The zero-order valence-corrected chi connectivity index (χ0v) is 43.9. The van der Waals surface area contributed by atoms with Gasteiger partial charge in [-0.2, -0.15) is 12.7 Å². The molecule has 1 saturated carbocycles. The fourth-order valence-corrected chi connectivity index (χ4v) is 12.3. The molecule has 8 aromatic rings. The summed E-state index contributed by atoms with van der Waals surface area (Å²) in [6, 6.07) is 54.2. The molecule has 1 fully saturated rings. The van der Waals surface area contributed by atoms with E-state index in [9.17, 15) is 0 Å². The van der Waals surface area contributed by atoms with Gasteiger partial charge >= 0.3 is 0 Å².